The summed E-state index contributed by atoms with van der Waals surface area (Å²) in [6, 6.07) is 31.0. The monoisotopic (exact) mass is 765 g/mol. The van der Waals surface area contributed by atoms with Crippen molar-refractivity contribution in [2.45, 2.75) is 98.1 Å². The van der Waals surface area contributed by atoms with Gasteiger partial charge < -0.3 is 24.8 Å². The Morgan fingerprint density at radius 1 is 0.708 bits per heavy atom. The molecule has 1 aliphatic heterocycles. The molecule has 1 heterocycles. The quantitative estimate of drug-likeness (QED) is 0.172. The largest absolute Gasteiger partial charge is 3.00 e. The van der Waals surface area contributed by atoms with Gasteiger partial charge in [0.05, 0.1) is 8.07 Å². The first-order chi connectivity index (χ1) is 21.1. The van der Waals surface area contributed by atoms with Crippen molar-refractivity contribution in [1.82, 2.24) is 0 Å². The summed E-state index contributed by atoms with van der Waals surface area (Å²) in [6.07, 6.45) is 2.49. The normalized spacial score (nSPS) is 16.0. The molecule has 0 saturated heterocycles. The molecule has 7 rings (SSSR count). The molecular formula is C44H49Cl2SiZr. The van der Waals surface area contributed by atoms with E-state index in [9.17, 15) is 0 Å². The maximum absolute atomic E-state index is 2.62. The molecule has 1 atom stereocenters. The van der Waals surface area contributed by atoms with Crippen LogP contribution in [0.5, 0.6) is 0 Å². The van der Waals surface area contributed by atoms with Gasteiger partial charge in [-0.2, -0.15) is 0 Å². The van der Waals surface area contributed by atoms with Gasteiger partial charge >= 0.3 is 26.2 Å². The van der Waals surface area contributed by atoms with Gasteiger partial charge in [0, 0.05) is 5.92 Å². The third-order valence-corrected chi connectivity index (χ3v) is 14.4. The van der Waals surface area contributed by atoms with Gasteiger partial charge in [-0.1, -0.05) is 163 Å². The average Bonchev–Trinajstić information content (AvgIpc) is 3.58. The van der Waals surface area contributed by atoms with Gasteiger partial charge in [0.25, 0.3) is 0 Å². The Bertz CT molecular complexity index is 2010. The van der Waals surface area contributed by atoms with E-state index in [1.807, 2.05) is 0 Å². The molecule has 2 aliphatic rings. The molecule has 0 fully saturated rings. The molecule has 4 heteroatoms. The van der Waals surface area contributed by atoms with Crippen molar-refractivity contribution in [2.75, 3.05) is 0 Å². The molecular weight excluding hydrogens is 719 g/mol. The average molecular weight is 768 g/mol. The van der Waals surface area contributed by atoms with E-state index >= 15 is 0 Å². The minimum atomic E-state index is -1.99. The maximum Gasteiger partial charge on any atom is 3.00 e. The molecule has 1 radical (unpaired) electrons. The summed E-state index contributed by atoms with van der Waals surface area (Å²) in [4.78, 5) is 0. The molecule has 1 aliphatic carbocycles. The summed E-state index contributed by atoms with van der Waals surface area (Å²) in [5.41, 5.74) is 16.1. The smallest absolute Gasteiger partial charge is 1.00 e. The standard InChI is InChI=1S/C44H49Si.2ClH.Zr/c1-26(2)35-24-30-25-37(42-39(40(30)41(35)45(42,10)11)29-17-21-32(22-18-29)44(7,8)9)38-27(3)23-36-33(13-12-14-34(36)38)28-15-19-31(20-16-28)43(4,5)6;;;/h12-26,38H,1-11H3;2*1H;/q-1;;;+3/p-2. The van der Waals surface area contributed by atoms with Gasteiger partial charge in [-0.25, -0.2) is 0 Å². The summed E-state index contributed by atoms with van der Waals surface area (Å²) < 4.78 is 0. The summed E-state index contributed by atoms with van der Waals surface area (Å²) in [5.74, 6) is 0.809. The molecule has 0 nitrogen and oxygen atoms in total. The third-order valence-electron chi connectivity index (χ3n) is 10.8. The molecule has 5 aromatic carbocycles. The minimum Gasteiger partial charge on any atom is -1.00 e. The van der Waals surface area contributed by atoms with Crippen molar-refractivity contribution in [3.05, 3.63) is 118 Å². The predicted molar refractivity (Wildman–Crippen MR) is 201 cm³/mol. The molecule has 2 bridgehead atoms. The van der Waals surface area contributed by atoms with Crippen molar-refractivity contribution in [3.8, 4) is 22.3 Å². The second-order valence-electron chi connectivity index (χ2n) is 16.7. The number of allylic oxidation sites excluding steroid dienone is 1. The maximum atomic E-state index is 2.62. The fourth-order valence-electron chi connectivity index (χ4n) is 8.44. The summed E-state index contributed by atoms with van der Waals surface area (Å²) in [7, 11) is -1.99. The molecule has 1 unspecified atom stereocenters. The van der Waals surface area contributed by atoms with E-state index in [-0.39, 0.29) is 67.8 Å². The Balaban J connectivity index is 0.00000173. The number of fused-ring (bicyclic) bond motifs is 2. The zero-order chi connectivity index (χ0) is 32.2. The molecule has 0 spiro atoms. The molecule has 48 heavy (non-hydrogen) atoms. The number of hydrogen-bond acceptors (Lipinski definition) is 0. The first kappa shape index (κ1) is 38.7. The van der Waals surface area contributed by atoms with Gasteiger partial charge in [-0.15, -0.1) is 33.7 Å². The number of rotatable bonds is 4. The van der Waals surface area contributed by atoms with Gasteiger partial charge in [0.2, 0.25) is 0 Å². The van der Waals surface area contributed by atoms with Crippen molar-refractivity contribution in [2.24, 2.45) is 0 Å². The van der Waals surface area contributed by atoms with Crippen LogP contribution in [-0.2, 0) is 37.0 Å². The van der Waals surface area contributed by atoms with Crippen LogP contribution in [0.1, 0.15) is 108 Å². The summed E-state index contributed by atoms with van der Waals surface area (Å²) in [5, 5.41) is 6.34. The summed E-state index contributed by atoms with van der Waals surface area (Å²) >= 11 is 0. The molecule has 0 N–H and O–H groups in total. The molecule has 0 amide bonds. The zero-order valence-corrected chi connectivity index (χ0v) is 35.5. The van der Waals surface area contributed by atoms with Crippen LogP contribution in [0.3, 0.4) is 0 Å². The Morgan fingerprint density at radius 3 is 1.77 bits per heavy atom. The topological polar surface area (TPSA) is 0 Å². The van der Waals surface area contributed by atoms with Gasteiger partial charge in [-0.3, -0.25) is 0 Å². The van der Waals surface area contributed by atoms with E-state index in [0.29, 0.717) is 5.92 Å². The second kappa shape index (κ2) is 13.2. The van der Waals surface area contributed by atoms with Crippen LogP contribution in [0, 0.1) is 0 Å². The van der Waals surface area contributed by atoms with Gasteiger partial charge in [-0.05, 0) is 62.6 Å². The second-order valence-corrected chi connectivity index (χ2v) is 21.0. The Labute approximate surface area is 322 Å². The van der Waals surface area contributed by atoms with Gasteiger partial charge in [0.15, 0.2) is 0 Å². The Hall–Kier alpha value is -2.09. The van der Waals surface area contributed by atoms with E-state index in [4.69, 9.17) is 0 Å². The predicted octanol–water partition coefficient (Wildman–Crippen LogP) is 5.30. The van der Waals surface area contributed by atoms with E-state index in [2.05, 4.69) is 160 Å². The van der Waals surface area contributed by atoms with E-state index in [1.54, 1.807) is 26.9 Å². The van der Waals surface area contributed by atoms with Crippen LogP contribution in [0.25, 0.3) is 39.1 Å². The summed E-state index contributed by atoms with van der Waals surface area (Å²) in [6.45, 7) is 26.2. The Morgan fingerprint density at radius 2 is 1.25 bits per heavy atom. The van der Waals surface area contributed by atoms with E-state index < -0.39 is 8.07 Å². The Kier molecular flexibility index (Phi) is 10.7. The van der Waals surface area contributed by atoms with Crippen molar-refractivity contribution in [3.63, 3.8) is 0 Å². The fraction of sp³-hybridized carbons (Fsp3) is 0.341. The molecule has 0 saturated carbocycles. The number of hydrogen-bond donors (Lipinski definition) is 0. The first-order valence-electron chi connectivity index (χ1n) is 16.9. The number of halogens is 2. The SMILES string of the molecule is CC1=Cc2c(-c3ccc(C(C)(C)C)cc3)cccc2C1c1cc2[cH-]c(C(C)C)c3c2c(-c2ccc(C(C)(C)C)cc2)c1[Si]3(C)C.[Cl-].[Cl-].[Zr+3]. The molecule has 247 valence electrons. The third kappa shape index (κ3) is 6.02. The van der Waals surface area contributed by atoms with Crippen molar-refractivity contribution < 1.29 is 51.0 Å². The zero-order valence-electron chi connectivity index (χ0n) is 30.5. The van der Waals surface area contributed by atoms with Crippen LogP contribution < -0.4 is 35.2 Å². The van der Waals surface area contributed by atoms with Crippen LogP contribution >= 0.6 is 0 Å². The van der Waals surface area contributed by atoms with Crippen LogP contribution in [0.15, 0.2) is 84.4 Å². The van der Waals surface area contributed by atoms with Crippen molar-refractivity contribution in [1.29, 1.82) is 0 Å². The fourth-order valence-corrected chi connectivity index (χ4v) is 12.5. The molecule has 5 aromatic rings. The van der Waals surface area contributed by atoms with Crippen LogP contribution in [-0.4, -0.2) is 8.07 Å². The van der Waals surface area contributed by atoms with E-state index in [1.165, 1.54) is 55.5 Å². The van der Waals surface area contributed by atoms with Crippen molar-refractivity contribution >= 4 is 35.3 Å². The van der Waals surface area contributed by atoms with E-state index in [0.717, 1.165) is 0 Å². The van der Waals surface area contributed by atoms with Gasteiger partial charge in [0.1, 0.15) is 0 Å². The number of benzene rings is 4. The van der Waals surface area contributed by atoms with Crippen LogP contribution in [0.2, 0.25) is 13.1 Å². The first-order valence-corrected chi connectivity index (χ1v) is 19.9. The minimum absolute atomic E-state index is 0. The molecule has 0 aromatic heterocycles. The van der Waals surface area contributed by atoms with Crippen LogP contribution in [0.4, 0.5) is 0 Å².